The zero-order valence-electron chi connectivity index (χ0n) is 19.9. The number of nitrogens with zero attached hydrogens (tertiary/aromatic N) is 3. The van der Waals surface area contributed by atoms with Gasteiger partial charge in [0.15, 0.2) is 0 Å². The molecular formula is C27H35N3O3S. The predicted molar refractivity (Wildman–Crippen MR) is 137 cm³/mol. The summed E-state index contributed by atoms with van der Waals surface area (Å²) in [6.45, 7) is 5.13. The molecule has 7 heteroatoms. The molecule has 2 aromatic carbocycles. The molecule has 0 bridgehead atoms. The highest BCUT2D eigenvalue weighted by Crippen LogP contribution is 2.23. The first kappa shape index (κ1) is 24.6. The number of unbranched alkanes of at least 4 members (excludes halogenated alkanes) is 1. The predicted octanol–water partition coefficient (Wildman–Crippen LogP) is 6.08. The minimum absolute atomic E-state index is 0.542. The van der Waals surface area contributed by atoms with Gasteiger partial charge in [-0.2, -0.15) is 0 Å². The maximum Gasteiger partial charge on any atom is 0.247 e. The van der Waals surface area contributed by atoms with Gasteiger partial charge >= 0.3 is 0 Å². The lowest BCUT2D eigenvalue weighted by Crippen LogP contribution is -2.25. The van der Waals surface area contributed by atoms with Gasteiger partial charge in [0.2, 0.25) is 11.8 Å². The van der Waals surface area contributed by atoms with Crippen molar-refractivity contribution in [2.75, 3.05) is 38.6 Å². The maximum absolute atomic E-state index is 5.92. The summed E-state index contributed by atoms with van der Waals surface area (Å²) >= 11 is 1.72. The molecule has 0 radical (unpaired) electrons. The third-order valence-electron chi connectivity index (χ3n) is 5.87. The summed E-state index contributed by atoms with van der Waals surface area (Å²) in [6.07, 6.45) is 7.77. The van der Waals surface area contributed by atoms with Crippen LogP contribution in [-0.4, -0.2) is 53.7 Å². The van der Waals surface area contributed by atoms with E-state index >= 15 is 0 Å². The molecule has 0 aliphatic carbocycles. The monoisotopic (exact) mass is 481 g/mol. The van der Waals surface area contributed by atoms with Crippen molar-refractivity contribution < 1.29 is 13.9 Å². The first-order valence-corrected chi connectivity index (χ1v) is 13.6. The van der Waals surface area contributed by atoms with Crippen LogP contribution in [0.25, 0.3) is 11.5 Å². The van der Waals surface area contributed by atoms with Gasteiger partial charge in [-0.1, -0.05) is 31.0 Å². The smallest absolute Gasteiger partial charge is 0.247 e. The van der Waals surface area contributed by atoms with E-state index in [1.165, 1.54) is 51.7 Å². The van der Waals surface area contributed by atoms with Crippen LogP contribution in [0.1, 0.15) is 44.4 Å². The standard InChI is InChI=1S/C27H35N3O3S/c1-2-7-17-30(16-6-1)18-8-9-19-31-25-14-12-23(13-15-25)27-29-28-26(33-27)22-34-21-20-32-24-10-4-3-5-11-24/h3-5,10-15H,1-2,6-9,16-22H2. The summed E-state index contributed by atoms with van der Waals surface area (Å²) in [6, 6.07) is 17.8. The van der Waals surface area contributed by atoms with Gasteiger partial charge in [0.05, 0.1) is 19.0 Å². The molecule has 1 aliphatic rings. The zero-order chi connectivity index (χ0) is 23.3. The highest BCUT2D eigenvalue weighted by Gasteiger charge is 2.10. The van der Waals surface area contributed by atoms with Gasteiger partial charge in [-0.3, -0.25) is 0 Å². The fraction of sp³-hybridized carbons (Fsp3) is 0.481. The molecule has 0 saturated carbocycles. The number of hydrogen-bond donors (Lipinski definition) is 0. The van der Waals surface area contributed by atoms with Crippen LogP contribution < -0.4 is 9.47 Å². The highest BCUT2D eigenvalue weighted by molar-refractivity contribution is 7.98. The van der Waals surface area contributed by atoms with E-state index in [1.807, 2.05) is 54.6 Å². The van der Waals surface area contributed by atoms with Gasteiger partial charge in [0.25, 0.3) is 0 Å². The van der Waals surface area contributed by atoms with Crippen molar-refractivity contribution in [3.63, 3.8) is 0 Å². The molecule has 34 heavy (non-hydrogen) atoms. The summed E-state index contributed by atoms with van der Waals surface area (Å²) in [7, 11) is 0. The van der Waals surface area contributed by atoms with E-state index in [4.69, 9.17) is 13.9 Å². The van der Waals surface area contributed by atoms with Crippen LogP contribution in [0.5, 0.6) is 11.5 Å². The van der Waals surface area contributed by atoms with Crippen molar-refractivity contribution >= 4 is 11.8 Å². The van der Waals surface area contributed by atoms with Gasteiger partial charge in [-0.25, -0.2) is 0 Å². The fourth-order valence-electron chi connectivity index (χ4n) is 4.00. The van der Waals surface area contributed by atoms with E-state index in [9.17, 15) is 0 Å². The van der Waals surface area contributed by atoms with E-state index in [2.05, 4.69) is 15.1 Å². The Morgan fingerprint density at radius 3 is 2.32 bits per heavy atom. The molecule has 1 aromatic heterocycles. The lowest BCUT2D eigenvalue weighted by Gasteiger charge is -2.19. The number of benzene rings is 2. The van der Waals surface area contributed by atoms with E-state index in [0.29, 0.717) is 24.1 Å². The second-order valence-corrected chi connectivity index (χ2v) is 9.66. The molecule has 1 saturated heterocycles. The van der Waals surface area contributed by atoms with Crippen molar-refractivity contribution in [3.05, 3.63) is 60.5 Å². The highest BCUT2D eigenvalue weighted by atomic mass is 32.2. The van der Waals surface area contributed by atoms with Gasteiger partial charge < -0.3 is 18.8 Å². The molecule has 0 unspecified atom stereocenters. The Hall–Kier alpha value is -2.51. The Kier molecular flexibility index (Phi) is 10.1. The molecule has 0 amide bonds. The van der Waals surface area contributed by atoms with Crippen molar-refractivity contribution in [1.82, 2.24) is 15.1 Å². The minimum Gasteiger partial charge on any atom is -0.494 e. The largest absolute Gasteiger partial charge is 0.494 e. The lowest BCUT2D eigenvalue weighted by atomic mass is 10.2. The Bertz CT molecular complexity index is 941. The number of aromatic nitrogens is 2. The average Bonchev–Trinajstić information content (AvgIpc) is 3.19. The fourth-order valence-corrected chi connectivity index (χ4v) is 4.64. The minimum atomic E-state index is 0.542. The summed E-state index contributed by atoms with van der Waals surface area (Å²) in [5.74, 6) is 4.47. The summed E-state index contributed by atoms with van der Waals surface area (Å²) in [5.41, 5.74) is 0.907. The van der Waals surface area contributed by atoms with Crippen molar-refractivity contribution in [1.29, 1.82) is 0 Å². The summed E-state index contributed by atoms with van der Waals surface area (Å²) in [5, 5.41) is 8.37. The van der Waals surface area contributed by atoms with Gasteiger partial charge in [-0.05, 0) is 81.7 Å². The number of hydrogen-bond acceptors (Lipinski definition) is 7. The molecule has 182 valence electrons. The molecular weight excluding hydrogens is 446 g/mol. The van der Waals surface area contributed by atoms with Gasteiger partial charge in [-0.15, -0.1) is 22.0 Å². The molecule has 2 heterocycles. The first-order chi connectivity index (χ1) is 16.9. The molecule has 0 N–H and O–H groups in total. The molecule has 6 nitrogen and oxygen atoms in total. The Labute approximate surface area is 207 Å². The number of para-hydroxylation sites is 1. The molecule has 1 aliphatic heterocycles. The van der Waals surface area contributed by atoms with Crippen LogP contribution >= 0.6 is 11.8 Å². The van der Waals surface area contributed by atoms with Crippen molar-refractivity contribution in [2.24, 2.45) is 0 Å². The van der Waals surface area contributed by atoms with E-state index in [0.717, 1.165) is 35.8 Å². The first-order valence-electron chi connectivity index (χ1n) is 12.4. The van der Waals surface area contributed by atoms with Crippen LogP contribution in [0, 0.1) is 0 Å². The second-order valence-electron chi connectivity index (χ2n) is 8.55. The Balaban J connectivity index is 1.11. The van der Waals surface area contributed by atoms with Crippen LogP contribution in [0.15, 0.2) is 59.0 Å². The van der Waals surface area contributed by atoms with Crippen molar-refractivity contribution in [2.45, 2.75) is 44.3 Å². The number of thioether (sulfide) groups is 1. The summed E-state index contributed by atoms with van der Waals surface area (Å²) in [4.78, 5) is 2.61. The molecule has 4 rings (SSSR count). The van der Waals surface area contributed by atoms with E-state index < -0.39 is 0 Å². The maximum atomic E-state index is 5.92. The van der Waals surface area contributed by atoms with Crippen LogP contribution in [-0.2, 0) is 5.75 Å². The third kappa shape index (κ3) is 8.37. The van der Waals surface area contributed by atoms with E-state index in [1.54, 1.807) is 11.8 Å². The summed E-state index contributed by atoms with van der Waals surface area (Å²) < 4.78 is 17.5. The number of ether oxygens (including phenoxy) is 2. The molecule has 3 aromatic rings. The van der Waals surface area contributed by atoms with Gasteiger partial charge in [0.1, 0.15) is 11.5 Å². The lowest BCUT2D eigenvalue weighted by molar-refractivity contribution is 0.256. The van der Waals surface area contributed by atoms with Crippen molar-refractivity contribution in [3.8, 4) is 23.0 Å². The van der Waals surface area contributed by atoms with Gasteiger partial charge in [0, 0.05) is 11.3 Å². The average molecular weight is 482 g/mol. The number of rotatable bonds is 13. The van der Waals surface area contributed by atoms with Crippen LogP contribution in [0.2, 0.25) is 0 Å². The normalized spacial score (nSPS) is 14.6. The number of likely N-dealkylation sites (tertiary alicyclic amines) is 1. The Morgan fingerprint density at radius 2 is 1.53 bits per heavy atom. The van der Waals surface area contributed by atoms with E-state index in [-0.39, 0.29) is 0 Å². The zero-order valence-corrected chi connectivity index (χ0v) is 20.7. The van der Waals surface area contributed by atoms with Crippen LogP contribution in [0.3, 0.4) is 0 Å². The molecule has 1 fully saturated rings. The quantitative estimate of drug-likeness (QED) is 0.274. The topological polar surface area (TPSA) is 60.6 Å². The molecule has 0 spiro atoms. The SMILES string of the molecule is c1ccc(OCCSCc2nnc(-c3ccc(OCCCCN4CCCCCC4)cc3)o2)cc1. The van der Waals surface area contributed by atoms with Crippen LogP contribution in [0.4, 0.5) is 0 Å². The Morgan fingerprint density at radius 1 is 0.794 bits per heavy atom. The second kappa shape index (κ2) is 14.0. The molecule has 0 atom stereocenters. The third-order valence-corrected chi connectivity index (χ3v) is 6.78.